The second-order valence-electron chi connectivity index (χ2n) is 12.1. The van der Waals surface area contributed by atoms with Gasteiger partial charge in [-0.2, -0.15) is 0 Å². The lowest BCUT2D eigenvalue weighted by atomic mass is 9.45. The smallest absolute Gasteiger partial charge is 0.0471 e. The Balaban J connectivity index is 1.34. The van der Waals surface area contributed by atoms with E-state index in [0.29, 0.717) is 11.3 Å². The summed E-state index contributed by atoms with van der Waals surface area (Å²) in [5.74, 6) is 3.50. The van der Waals surface area contributed by atoms with Gasteiger partial charge in [-0.15, -0.1) is 0 Å². The molecular formula is C33H29N. The quantitative estimate of drug-likeness (QED) is 0.268. The highest BCUT2D eigenvalue weighted by Crippen LogP contribution is 2.68. The van der Waals surface area contributed by atoms with Crippen LogP contribution in [0.3, 0.4) is 0 Å². The minimum atomic E-state index is 0.475. The molecule has 1 heteroatoms. The van der Waals surface area contributed by atoms with Crippen molar-refractivity contribution in [2.45, 2.75) is 44.4 Å². The highest BCUT2D eigenvalue weighted by Gasteiger charge is 2.56. The standard InChI is InChI=1S/C33H29N/c1-2-6-23-22(5-1)9-10-29-31(23)28-14-26-24-7-3-4-8-25(24)32(27(26)15-30(28)34-29)33-16-19-11-20(17-33)13-21(12-19)18-33/h1-10,14-15,19-21,32,34H,11-13,16-18H2. The molecule has 166 valence electrons. The predicted octanol–water partition coefficient (Wildman–Crippen LogP) is 8.80. The fraction of sp³-hybridized carbons (Fsp3) is 0.333. The number of aromatic amines is 1. The van der Waals surface area contributed by atoms with Crippen molar-refractivity contribution < 1.29 is 0 Å². The Hall–Kier alpha value is -3.06. The van der Waals surface area contributed by atoms with E-state index in [0.717, 1.165) is 17.8 Å². The van der Waals surface area contributed by atoms with E-state index in [1.54, 1.807) is 11.1 Å². The first-order valence-corrected chi connectivity index (χ1v) is 13.3. The molecule has 1 nitrogen and oxygen atoms in total. The number of hydrogen-bond acceptors (Lipinski definition) is 0. The van der Waals surface area contributed by atoms with Gasteiger partial charge < -0.3 is 4.98 Å². The van der Waals surface area contributed by atoms with Crippen molar-refractivity contribution in [3.8, 4) is 11.1 Å². The molecule has 1 unspecified atom stereocenters. The van der Waals surface area contributed by atoms with Crippen molar-refractivity contribution in [3.63, 3.8) is 0 Å². The van der Waals surface area contributed by atoms with E-state index < -0.39 is 0 Å². The molecule has 4 aromatic carbocycles. The van der Waals surface area contributed by atoms with Crippen LogP contribution in [0.4, 0.5) is 0 Å². The van der Waals surface area contributed by atoms with Gasteiger partial charge in [0.15, 0.2) is 0 Å². The molecule has 1 atom stereocenters. The molecule has 1 heterocycles. The average Bonchev–Trinajstić information content (AvgIpc) is 3.37. The van der Waals surface area contributed by atoms with Gasteiger partial charge in [-0.25, -0.2) is 0 Å². The molecule has 0 radical (unpaired) electrons. The number of aromatic nitrogens is 1. The summed E-state index contributed by atoms with van der Waals surface area (Å²) in [5, 5.41) is 5.44. The lowest BCUT2D eigenvalue weighted by Gasteiger charge is -2.59. The zero-order valence-corrected chi connectivity index (χ0v) is 19.5. The van der Waals surface area contributed by atoms with Gasteiger partial charge in [0.05, 0.1) is 0 Å². The van der Waals surface area contributed by atoms with Gasteiger partial charge in [-0.1, -0.05) is 54.6 Å². The maximum atomic E-state index is 3.82. The zero-order valence-electron chi connectivity index (χ0n) is 19.5. The van der Waals surface area contributed by atoms with Gasteiger partial charge >= 0.3 is 0 Å². The maximum Gasteiger partial charge on any atom is 0.0471 e. The summed E-state index contributed by atoms with van der Waals surface area (Å²) < 4.78 is 0. The van der Waals surface area contributed by atoms with Crippen LogP contribution in [0.5, 0.6) is 0 Å². The summed E-state index contributed by atoms with van der Waals surface area (Å²) in [6.45, 7) is 0. The lowest BCUT2D eigenvalue weighted by Crippen LogP contribution is -2.48. The molecule has 4 bridgehead atoms. The van der Waals surface area contributed by atoms with Crippen molar-refractivity contribution >= 4 is 32.6 Å². The largest absolute Gasteiger partial charge is 0.354 e. The highest BCUT2D eigenvalue weighted by atomic mass is 14.7. The number of benzene rings is 4. The fourth-order valence-corrected chi connectivity index (χ4v) is 9.56. The van der Waals surface area contributed by atoms with Crippen molar-refractivity contribution in [2.75, 3.05) is 0 Å². The van der Waals surface area contributed by atoms with E-state index in [9.17, 15) is 0 Å². The normalized spacial score (nSPS) is 30.9. The topological polar surface area (TPSA) is 15.8 Å². The van der Waals surface area contributed by atoms with Crippen LogP contribution >= 0.6 is 0 Å². The molecule has 5 aromatic rings. The van der Waals surface area contributed by atoms with Crippen LogP contribution in [0.25, 0.3) is 43.7 Å². The van der Waals surface area contributed by atoms with Crippen LogP contribution in [0.1, 0.15) is 55.6 Å². The summed E-state index contributed by atoms with van der Waals surface area (Å²) in [5.41, 5.74) is 9.26. The van der Waals surface area contributed by atoms with E-state index in [-0.39, 0.29) is 0 Å². The van der Waals surface area contributed by atoms with Crippen LogP contribution in [-0.4, -0.2) is 4.98 Å². The first-order valence-electron chi connectivity index (χ1n) is 13.3. The number of H-pyrrole nitrogens is 1. The summed E-state index contributed by atoms with van der Waals surface area (Å²) in [6.07, 6.45) is 8.88. The Morgan fingerprint density at radius 2 is 1.35 bits per heavy atom. The van der Waals surface area contributed by atoms with E-state index in [1.807, 2.05) is 0 Å². The number of hydrogen-bond donors (Lipinski definition) is 1. The molecule has 0 aliphatic heterocycles. The van der Waals surface area contributed by atoms with Crippen LogP contribution in [0, 0.1) is 23.2 Å². The molecular weight excluding hydrogens is 410 g/mol. The number of fused-ring (bicyclic) bond motifs is 8. The summed E-state index contributed by atoms with van der Waals surface area (Å²) in [4.78, 5) is 3.82. The van der Waals surface area contributed by atoms with Crippen molar-refractivity contribution in [2.24, 2.45) is 23.2 Å². The van der Waals surface area contributed by atoms with Crippen LogP contribution < -0.4 is 0 Å². The predicted molar refractivity (Wildman–Crippen MR) is 141 cm³/mol. The van der Waals surface area contributed by atoms with Gasteiger partial charge in [0.1, 0.15) is 0 Å². The molecule has 1 N–H and O–H groups in total. The van der Waals surface area contributed by atoms with E-state index in [2.05, 4.69) is 77.8 Å². The third-order valence-corrected chi connectivity index (χ3v) is 10.2. The third kappa shape index (κ3) is 2.22. The van der Waals surface area contributed by atoms with Gasteiger partial charge in [-0.3, -0.25) is 0 Å². The summed E-state index contributed by atoms with van der Waals surface area (Å²) >= 11 is 0. The number of rotatable bonds is 1. The molecule has 10 rings (SSSR count). The molecule has 5 aliphatic carbocycles. The monoisotopic (exact) mass is 439 g/mol. The molecule has 0 saturated heterocycles. The fourth-order valence-electron chi connectivity index (χ4n) is 9.56. The first-order chi connectivity index (χ1) is 16.8. The molecule has 5 aliphatic rings. The molecule has 1 aromatic heterocycles. The summed E-state index contributed by atoms with van der Waals surface area (Å²) in [6, 6.07) is 27.9. The van der Waals surface area contributed by atoms with Crippen LogP contribution in [0.15, 0.2) is 72.8 Å². The Labute approximate surface area is 200 Å². The van der Waals surface area contributed by atoms with Gasteiger partial charge in [-0.05, 0) is 113 Å². The van der Waals surface area contributed by atoms with Crippen LogP contribution in [-0.2, 0) is 0 Å². The second kappa shape index (κ2) is 6.13. The van der Waals surface area contributed by atoms with Crippen molar-refractivity contribution in [3.05, 3.63) is 83.9 Å². The zero-order chi connectivity index (χ0) is 22.0. The number of nitrogens with one attached hydrogen (secondary N) is 1. The summed E-state index contributed by atoms with van der Waals surface area (Å²) in [7, 11) is 0. The SMILES string of the molecule is c1ccc2c(c1)-c1cc3c(cc1C2C12CC4CC(CC(C4)C1)C2)[nH]c1ccc2ccccc2c13. The second-order valence-corrected chi connectivity index (χ2v) is 12.1. The van der Waals surface area contributed by atoms with Gasteiger partial charge in [0, 0.05) is 27.7 Å². The molecule has 34 heavy (non-hydrogen) atoms. The van der Waals surface area contributed by atoms with Crippen molar-refractivity contribution in [1.82, 2.24) is 4.98 Å². The first kappa shape index (κ1) is 18.3. The van der Waals surface area contributed by atoms with Gasteiger partial charge in [0.25, 0.3) is 0 Å². The van der Waals surface area contributed by atoms with Crippen LogP contribution in [0.2, 0.25) is 0 Å². The minimum absolute atomic E-state index is 0.475. The minimum Gasteiger partial charge on any atom is -0.354 e. The third-order valence-electron chi connectivity index (χ3n) is 10.2. The Morgan fingerprint density at radius 3 is 2.18 bits per heavy atom. The van der Waals surface area contributed by atoms with E-state index in [4.69, 9.17) is 0 Å². The molecule has 0 amide bonds. The van der Waals surface area contributed by atoms with Crippen molar-refractivity contribution in [1.29, 1.82) is 0 Å². The molecule has 4 fully saturated rings. The van der Waals surface area contributed by atoms with E-state index in [1.165, 1.54) is 82.2 Å². The maximum absolute atomic E-state index is 3.82. The lowest BCUT2D eigenvalue weighted by molar-refractivity contribution is -0.0612. The molecule has 4 saturated carbocycles. The van der Waals surface area contributed by atoms with E-state index >= 15 is 0 Å². The highest BCUT2D eigenvalue weighted by molar-refractivity contribution is 6.21. The Bertz CT molecular complexity index is 1610. The van der Waals surface area contributed by atoms with Gasteiger partial charge in [0.2, 0.25) is 0 Å². The Kier molecular flexibility index (Phi) is 3.30. The Morgan fingerprint density at radius 1 is 0.618 bits per heavy atom. The average molecular weight is 440 g/mol. The molecule has 0 spiro atoms.